The van der Waals surface area contributed by atoms with Gasteiger partial charge in [0, 0.05) is 22.5 Å². The molecule has 0 aliphatic heterocycles. The first-order chi connectivity index (χ1) is 9.70. The van der Waals surface area contributed by atoms with E-state index in [0.717, 1.165) is 22.0 Å². The second-order valence-electron chi connectivity index (χ2n) is 4.66. The lowest BCUT2D eigenvalue weighted by Gasteiger charge is -2.07. The number of aliphatic hydroxyl groups excluding tert-OH is 1. The van der Waals surface area contributed by atoms with Gasteiger partial charge in [0.2, 0.25) is 0 Å². The van der Waals surface area contributed by atoms with E-state index in [1.54, 1.807) is 0 Å². The molecule has 1 aromatic heterocycles. The van der Waals surface area contributed by atoms with Crippen LogP contribution in [0.1, 0.15) is 11.1 Å². The maximum Gasteiger partial charge on any atom is 0.115 e. The summed E-state index contributed by atoms with van der Waals surface area (Å²) in [5, 5.41) is 11.7. The molecule has 0 saturated heterocycles. The Morgan fingerprint density at radius 1 is 1.00 bits per heavy atom. The van der Waals surface area contributed by atoms with Crippen LogP contribution in [-0.4, -0.2) is 9.67 Å². The number of aromatic nitrogens is 1. The molecule has 0 aliphatic rings. The summed E-state index contributed by atoms with van der Waals surface area (Å²) in [6.07, 6.45) is 0. The molecular weight excluding hydrogens is 293 g/mol. The number of hydrogen-bond acceptors (Lipinski definition) is 1. The minimum absolute atomic E-state index is 0.0846. The first-order valence-electron chi connectivity index (χ1n) is 6.31. The van der Waals surface area contributed by atoms with Crippen molar-refractivity contribution in [1.82, 2.24) is 4.57 Å². The third kappa shape index (κ3) is 2.31. The SMILES string of the molecule is OCc1c(Cl)n(Cc2ccccc2)c2cc(Cl)ccc12. The number of hydrogen-bond donors (Lipinski definition) is 1. The maximum absolute atomic E-state index is 9.53. The third-order valence-corrected chi connectivity index (χ3v) is 4.07. The van der Waals surface area contributed by atoms with Gasteiger partial charge in [0.05, 0.1) is 12.1 Å². The fraction of sp³-hybridized carbons (Fsp3) is 0.125. The van der Waals surface area contributed by atoms with Crippen molar-refractivity contribution < 1.29 is 5.11 Å². The molecule has 2 aromatic carbocycles. The highest BCUT2D eigenvalue weighted by Gasteiger charge is 2.15. The Labute approximate surface area is 127 Å². The van der Waals surface area contributed by atoms with Gasteiger partial charge < -0.3 is 9.67 Å². The summed E-state index contributed by atoms with van der Waals surface area (Å²) in [6, 6.07) is 15.7. The second kappa shape index (κ2) is 5.49. The van der Waals surface area contributed by atoms with E-state index in [4.69, 9.17) is 23.2 Å². The van der Waals surface area contributed by atoms with E-state index in [2.05, 4.69) is 0 Å². The predicted octanol–water partition coefficient (Wildman–Crippen LogP) is 4.49. The Morgan fingerprint density at radius 2 is 1.75 bits per heavy atom. The molecule has 0 radical (unpaired) electrons. The highest BCUT2D eigenvalue weighted by molar-refractivity contribution is 6.33. The lowest BCUT2D eigenvalue weighted by molar-refractivity contribution is 0.283. The number of halogens is 2. The Hall–Kier alpha value is -1.48. The summed E-state index contributed by atoms with van der Waals surface area (Å²) < 4.78 is 1.98. The smallest absolute Gasteiger partial charge is 0.115 e. The number of rotatable bonds is 3. The summed E-state index contributed by atoms with van der Waals surface area (Å²) in [6.45, 7) is 0.565. The van der Waals surface area contributed by atoms with Crippen molar-refractivity contribution in [2.45, 2.75) is 13.2 Å². The zero-order chi connectivity index (χ0) is 14.1. The van der Waals surface area contributed by atoms with Crippen molar-refractivity contribution in [2.75, 3.05) is 0 Å². The van der Waals surface area contributed by atoms with E-state index in [1.807, 2.05) is 53.1 Å². The monoisotopic (exact) mass is 305 g/mol. The van der Waals surface area contributed by atoms with Gasteiger partial charge in [-0.2, -0.15) is 0 Å². The Kier molecular flexibility index (Phi) is 3.70. The van der Waals surface area contributed by atoms with Crippen molar-refractivity contribution in [1.29, 1.82) is 0 Å². The Balaban J connectivity index is 2.19. The van der Waals surface area contributed by atoms with Gasteiger partial charge in [-0.3, -0.25) is 0 Å². The van der Waals surface area contributed by atoms with E-state index in [-0.39, 0.29) is 6.61 Å². The molecule has 0 unspecified atom stereocenters. The van der Waals surface area contributed by atoms with Gasteiger partial charge in [-0.15, -0.1) is 0 Å². The highest BCUT2D eigenvalue weighted by Crippen LogP contribution is 2.32. The van der Waals surface area contributed by atoms with Crippen LogP contribution in [0.3, 0.4) is 0 Å². The van der Waals surface area contributed by atoms with E-state index >= 15 is 0 Å². The third-order valence-electron chi connectivity index (χ3n) is 3.40. The lowest BCUT2D eigenvalue weighted by Crippen LogP contribution is -1.99. The first-order valence-corrected chi connectivity index (χ1v) is 7.07. The van der Waals surface area contributed by atoms with Crippen molar-refractivity contribution in [3.05, 3.63) is 69.8 Å². The van der Waals surface area contributed by atoms with Crippen LogP contribution < -0.4 is 0 Å². The van der Waals surface area contributed by atoms with Crippen LogP contribution in [0.2, 0.25) is 10.2 Å². The maximum atomic E-state index is 9.53. The zero-order valence-electron chi connectivity index (χ0n) is 10.7. The van der Waals surface area contributed by atoms with Gasteiger partial charge in [-0.25, -0.2) is 0 Å². The minimum Gasteiger partial charge on any atom is -0.392 e. The average molecular weight is 306 g/mol. The fourth-order valence-corrected chi connectivity index (χ4v) is 2.91. The summed E-state index contributed by atoms with van der Waals surface area (Å²) >= 11 is 12.5. The largest absolute Gasteiger partial charge is 0.392 e. The molecule has 2 nitrogen and oxygen atoms in total. The van der Waals surface area contributed by atoms with Crippen molar-refractivity contribution in [3.63, 3.8) is 0 Å². The molecule has 4 heteroatoms. The summed E-state index contributed by atoms with van der Waals surface area (Å²) in [5.74, 6) is 0. The lowest BCUT2D eigenvalue weighted by atomic mass is 10.2. The van der Waals surface area contributed by atoms with Crippen LogP contribution in [0.25, 0.3) is 10.9 Å². The normalized spacial score (nSPS) is 11.2. The van der Waals surface area contributed by atoms with Crippen LogP contribution in [0.5, 0.6) is 0 Å². The fourth-order valence-electron chi connectivity index (χ4n) is 2.43. The number of benzene rings is 2. The molecule has 3 aromatic rings. The van der Waals surface area contributed by atoms with Crippen LogP contribution in [0.4, 0.5) is 0 Å². The van der Waals surface area contributed by atoms with Gasteiger partial charge in [-0.1, -0.05) is 59.6 Å². The summed E-state index contributed by atoms with van der Waals surface area (Å²) in [4.78, 5) is 0. The van der Waals surface area contributed by atoms with Crippen molar-refractivity contribution >= 4 is 34.1 Å². The second-order valence-corrected chi connectivity index (χ2v) is 5.46. The van der Waals surface area contributed by atoms with E-state index < -0.39 is 0 Å². The van der Waals surface area contributed by atoms with Crippen LogP contribution in [0, 0.1) is 0 Å². The molecule has 3 rings (SSSR count). The van der Waals surface area contributed by atoms with Crippen LogP contribution >= 0.6 is 23.2 Å². The number of fused-ring (bicyclic) bond motifs is 1. The summed E-state index contributed by atoms with van der Waals surface area (Å²) in [5.41, 5.74) is 2.83. The molecule has 0 spiro atoms. The van der Waals surface area contributed by atoms with Gasteiger partial charge in [-0.05, 0) is 17.7 Å². The van der Waals surface area contributed by atoms with Crippen LogP contribution in [0.15, 0.2) is 48.5 Å². The molecule has 102 valence electrons. The van der Waals surface area contributed by atoms with Gasteiger partial charge in [0.1, 0.15) is 5.15 Å². The Bertz CT molecular complexity index is 750. The highest BCUT2D eigenvalue weighted by atomic mass is 35.5. The van der Waals surface area contributed by atoms with E-state index in [9.17, 15) is 5.11 Å². The molecule has 1 N–H and O–H groups in total. The minimum atomic E-state index is -0.0846. The van der Waals surface area contributed by atoms with Gasteiger partial charge >= 0.3 is 0 Å². The predicted molar refractivity (Wildman–Crippen MR) is 83.4 cm³/mol. The standard InChI is InChI=1S/C16H13Cl2NO/c17-12-6-7-13-14(10-20)16(18)19(15(13)8-12)9-11-4-2-1-3-5-11/h1-8,20H,9-10H2. The molecule has 20 heavy (non-hydrogen) atoms. The molecule has 0 aliphatic carbocycles. The molecular formula is C16H13Cl2NO. The number of aliphatic hydroxyl groups is 1. The first kappa shape index (κ1) is 13.5. The Morgan fingerprint density at radius 3 is 2.45 bits per heavy atom. The molecule has 0 amide bonds. The van der Waals surface area contributed by atoms with Crippen LogP contribution in [-0.2, 0) is 13.2 Å². The van der Waals surface area contributed by atoms with Crippen molar-refractivity contribution in [2.24, 2.45) is 0 Å². The van der Waals surface area contributed by atoms with Gasteiger partial charge in [0.15, 0.2) is 0 Å². The summed E-state index contributed by atoms with van der Waals surface area (Å²) in [7, 11) is 0. The molecule has 0 saturated carbocycles. The van der Waals surface area contributed by atoms with Gasteiger partial charge in [0.25, 0.3) is 0 Å². The quantitative estimate of drug-likeness (QED) is 0.758. The molecule has 0 bridgehead atoms. The molecule has 1 heterocycles. The van der Waals surface area contributed by atoms with E-state index in [0.29, 0.717) is 16.7 Å². The van der Waals surface area contributed by atoms with E-state index in [1.165, 1.54) is 0 Å². The topological polar surface area (TPSA) is 25.2 Å². The number of nitrogens with zero attached hydrogens (tertiary/aromatic N) is 1. The molecule has 0 fully saturated rings. The average Bonchev–Trinajstić information content (AvgIpc) is 2.72. The zero-order valence-corrected chi connectivity index (χ0v) is 12.2. The van der Waals surface area contributed by atoms with Crippen molar-refractivity contribution in [3.8, 4) is 0 Å². The molecule has 0 atom stereocenters.